The van der Waals surface area contributed by atoms with Gasteiger partial charge < -0.3 is 10.5 Å². The molecular formula is C11H10N2OS. The number of nitrogens with two attached hydrogens (primary N) is 1. The van der Waals surface area contributed by atoms with E-state index < -0.39 is 0 Å². The van der Waals surface area contributed by atoms with Crippen LogP contribution in [0.2, 0.25) is 0 Å². The molecule has 0 bridgehead atoms. The third kappa shape index (κ3) is 2.22. The van der Waals surface area contributed by atoms with Crippen molar-refractivity contribution in [3.63, 3.8) is 0 Å². The molecule has 1 heterocycles. The first-order valence-electron chi connectivity index (χ1n) is 4.52. The van der Waals surface area contributed by atoms with Crippen LogP contribution in [0.5, 0.6) is 5.75 Å². The fourth-order valence-corrected chi connectivity index (χ4v) is 1.40. The van der Waals surface area contributed by atoms with E-state index in [4.69, 9.17) is 22.7 Å². The number of hydrogen-bond donors (Lipinski definition) is 1. The first-order chi connectivity index (χ1) is 7.27. The van der Waals surface area contributed by atoms with Gasteiger partial charge in [0.1, 0.15) is 22.9 Å². The number of ether oxygens (including phenoxy) is 1. The molecule has 0 saturated carbocycles. The summed E-state index contributed by atoms with van der Waals surface area (Å²) in [5.41, 5.74) is 6.20. The zero-order chi connectivity index (χ0) is 10.7. The zero-order valence-corrected chi connectivity index (χ0v) is 8.83. The lowest BCUT2D eigenvalue weighted by atomic mass is 10.2. The molecule has 1 aromatic heterocycles. The second kappa shape index (κ2) is 4.23. The van der Waals surface area contributed by atoms with Crippen LogP contribution in [0.4, 0.5) is 0 Å². The summed E-state index contributed by atoms with van der Waals surface area (Å²) in [5.74, 6) is 0.709. The predicted molar refractivity (Wildman–Crippen MR) is 64.0 cm³/mol. The molecule has 2 rings (SSSR count). The van der Waals surface area contributed by atoms with Gasteiger partial charge in [0.2, 0.25) is 0 Å². The molecule has 2 N–H and O–H groups in total. The third-order valence-electron chi connectivity index (χ3n) is 1.97. The van der Waals surface area contributed by atoms with E-state index in [1.807, 2.05) is 30.3 Å². The third-order valence-corrected chi connectivity index (χ3v) is 2.08. The van der Waals surface area contributed by atoms with Crippen LogP contribution in [0.25, 0.3) is 10.9 Å². The van der Waals surface area contributed by atoms with Crippen molar-refractivity contribution in [3.05, 3.63) is 36.5 Å². The van der Waals surface area contributed by atoms with Gasteiger partial charge in [0.05, 0.1) is 0 Å². The highest BCUT2D eigenvalue weighted by Gasteiger charge is 2.02. The number of benzene rings is 1. The summed E-state index contributed by atoms with van der Waals surface area (Å²) in [6.07, 6.45) is 1.73. The largest absolute Gasteiger partial charge is 0.484 e. The Labute approximate surface area is 92.9 Å². The molecule has 0 radical (unpaired) electrons. The first kappa shape index (κ1) is 9.86. The van der Waals surface area contributed by atoms with E-state index in [2.05, 4.69) is 4.98 Å². The van der Waals surface area contributed by atoms with E-state index in [9.17, 15) is 0 Å². The minimum atomic E-state index is 0.241. The number of rotatable bonds is 3. The predicted octanol–water partition coefficient (Wildman–Crippen LogP) is 1.90. The normalized spacial score (nSPS) is 10.1. The van der Waals surface area contributed by atoms with Crippen LogP contribution in [0.3, 0.4) is 0 Å². The number of pyridine rings is 1. The molecule has 0 saturated heterocycles. The molecule has 3 nitrogen and oxygen atoms in total. The lowest BCUT2D eigenvalue weighted by molar-refractivity contribution is 0.381. The summed E-state index contributed by atoms with van der Waals surface area (Å²) in [5, 5.41) is 1.04. The average Bonchev–Trinajstić information content (AvgIpc) is 2.26. The Morgan fingerprint density at radius 1 is 1.33 bits per heavy atom. The van der Waals surface area contributed by atoms with E-state index in [0.29, 0.717) is 10.7 Å². The highest BCUT2D eigenvalue weighted by atomic mass is 32.1. The Kier molecular flexibility index (Phi) is 2.78. The fourth-order valence-electron chi connectivity index (χ4n) is 1.34. The molecule has 0 unspecified atom stereocenters. The summed E-state index contributed by atoms with van der Waals surface area (Å²) in [6, 6.07) is 9.62. The molecule has 0 aliphatic rings. The van der Waals surface area contributed by atoms with Crippen LogP contribution in [-0.2, 0) is 0 Å². The molecule has 0 spiro atoms. The van der Waals surface area contributed by atoms with Gasteiger partial charge in [-0.1, -0.05) is 30.4 Å². The van der Waals surface area contributed by atoms with Gasteiger partial charge in [-0.15, -0.1) is 0 Å². The van der Waals surface area contributed by atoms with Gasteiger partial charge in [-0.25, -0.2) is 0 Å². The molecular weight excluding hydrogens is 208 g/mol. The standard InChI is InChI=1S/C11H10N2OS/c12-10(15)7-14-9-5-1-3-8-4-2-6-13-11(8)9/h1-6H,7H2,(H2,12,15). The molecule has 4 heteroatoms. The number of fused-ring (bicyclic) bond motifs is 1. The van der Waals surface area contributed by atoms with Crippen LogP contribution in [0.15, 0.2) is 36.5 Å². The van der Waals surface area contributed by atoms with Crippen LogP contribution in [0.1, 0.15) is 0 Å². The monoisotopic (exact) mass is 218 g/mol. The van der Waals surface area contributed by atoms with E-state index in [1.54, 1.807) is 6.20 Å². The van der Waals surface area contributed by atoms with Crippen molar-refractivity contribution >= 4 is 28.1 Å². The van der Waals surface area contributed by atoms with Crippen LogP contribution in [0, 0.1) is 0 Å². The van der Waals surface area contributed by atoms with E-state index in [-0.39, 0.29) is 6.61 Å². The number of aromatic nitrogens is 1. The summed E-state index contributed by atoms with van der Waals surface area (Å²) in [7, 11) is 0. The topological polar surface area (TPSA) is 48.1 Å². The maximum Gasteiger partial charge on any atom is 0.146 e. The lowest BCUT2D eigenvalue weighted by Crippen LogP contribution is -2.17. The number of hydrogen-bond acceptors (Lipinski definition) is 3. The molecule has 0 aliphatic heterocycles. The van der Waals surface area contributed by atoms with Crippen molar-refractivity contribution in [1.82, 2.24) is 4.98 Å². The number of para-hydroxylation sites is 1. The minimum Gasteiger partial charge on any atom is -0.484 e. The second-order valence-corrected chi connectivity index (χ2v) is 3.61. The molecule has 2 aromatic rings. The maximum atomic E-state index is 5.45. The fraction of sp³-hybridized carbons (Fsp3) is 0.0909. The molecule has 0 aliphatic carbocycles. The minimum absolute atomic E-state index is 0.241. The SMILES string of the molecule is NC(=S)COc1cccc2cccnc12. The summed E-state index contributed by atoms with van der Waals surface area (Å²) in [4.78, 5) is 4.59. The van der Waals surface area contributed by atoms with Gasteiger partial charge in [-0.2, -0.15) is 0 Å². The Bertz CT molecular complexity index is 493. The Morgan fingerprint density at radius 3 is 2.93 bits per heavy atom. The highest BCUT2D eigenvalue weighted by molar-refractivity contribution is 7.80. The Morgan fingerprint density at radius 2 is 2.13 bits per heavy atom. The van der Waals surface area contributed by atoms with Crippen molar-refractivity contribution in [2.75, 3.05) is 6.61 Å². The van der Waals surface area contributed by atoms with E-state index in [0.717, 1.165) is 10.9 Å². The summed E-state index contributed by atoms with van der Waals surface area (Å²) in [6.45, 7) is 0.241. The van der Waals surface area contributed by atoms with Gasteiger partial charge in [0.25, 0.3) is 0 Å². The zero-order valence-electron chi connectivity index (χ0n) is 8.01. The van der Waals surface area contributed by atoms with E-state index >= 15 is 0 Å². The maximum absolute atomic E-state index is 5.45. The Hall–Kier alpha value is -1.68. The van der Waals surface area contributed by atoms with Crippen molar-refractivity contribution < 1.29 is 4.74 Å². The smallest absolute Gasteiger partial charge is 0.146 e. The van der Waals surface area contributed by atoms with Crippen molar-refractivity contribution in [3.8, 4) is 5.75 Å². The van der Waals surface area contributed by atoms with Crippen molar-refractivity contribution in [2.45, 2.75) is 0 Å². The van der Waals surface area contributed by atoms with Crippen LogP contribution < -0.4 is 10.5 Å². The van der Waals surface area contributed by atoms with Gasteiger partial charge in [0, 0.05) is 11.6 Å². The van der Waals surface area contributed by atoms with Crippen molar-refractivity contribution in [2.24, 2.45) is 5.73 Å². The summed E-state index contributed by atoms with van der Waals surface area (Å²) < 4.78 is 5.45. The molecule has 1 aromatic carbocycles. The Balaban J connectivity index is 2.38. The average molecular weight is 218 g/mol. The molecule has 0 amide bonds. The lowest BCUT2D eigenvalue weighted by Gasteiger charge is -2.06. The molecule has 15 heavy (non-hydrogen) atoms. The molecule has 0 atom stereocenters. The number of thiocarbonyl (C=S) groups is 1. The second-order valence-electron chi connectivity index (χ2n) is 3.09. The highest BCUT2D eigenvalue weighted by Crippen LogP contribution is 2.22. The van der Waals surface area contributed by atoms with E-state index in [1.165, 1.54) is 0 Å². The van der Waals surface area contributed by atoms with Gasteiger partial charge in [-0.05, 0) is 12.1 Å². The van der Waals surface area contributed by atoms with Gasteiger partial charge in [-0.3, -0.25) is 4.98 Å². The van der Waals surface area contributed by atoms with Crippen molar-refractivity contribution in [1.29, 1.82) is 0 Å². The van der Waals surface area contributed by atoms with Gasteiger partial charge >= 0.3 is 0 Å². The molecule has 76 valence electrons. The quantitative estimate of drug-likeness (QED) is 0.799. The van der Waals surface area contributed by atoms with Crippen LogP contribution in [-0.4, -0.2) is 16.6 Å². The van der Waals surface area contributed by atoms with Gasteiger partial charge in [0.15, 0.2) is 0 Å². The molecule has 0 fully saturated rings. The first-order valence-corrected chi connectivity index (χ1v) is 4.93. The summed E-state index contributed by atoms with van der Waals surface area (Å²) >= 11 is 4.75. The number of nitrogens with zero attached hydrogens (tertiary/aromatic N) is 1. The van der Waals surface area contributed by atoms with Crippen LogP contribution >= 0.6 is 12.2 Å².